The number of anilines is 2. The van der Waals surface area contributed by atoms with Crippen LogP contribution in [0.15, 0.2) is 36.4 Å². The number of aryl methyl sites for hydroxylation is 1. The summed E-state index contributed by atoms with van der Waals surface area (Å²) in [4.78, 5) is 2.25. The molecule has 0 atom stereocenters. The second-order valence-corrected chi connectivity index (χ2v) is 5.29. The van der Waals surface area contributed by atoms with Gasteiger partial charge in [-0.15, -0.1) is 0 Å². The first-order chi connectivity index (χ1) is 9.69. The Balaban J connectivity index is 1.99. The Morgan fingerprint density at radius 1 is 1.25 bits per heavy atom. The number of hydrogen-bond donors (Lipinski definition) is 1. The number of nitrogen functional groups attached to an aromatic ring is 1. The highest BCUT2D eigenvalue weighted by Crippen LogP contribution is 2.30. The van der Waals surface area contributed by atoms with Gasteiger partial charge in [-0.1, -0.05) is 18.2 Å². The zero-order valence-corrected chi connectivity index (χ0v) is 11.6. The fourth-order valence-electron chi connectivity index (χ4n) is 2.83. The van der Waals surface area contributed by atoms with Crippen molar-refractivity contribution in [2.24, 2.45) is 0 Å². The molecule has 20 heavy (non-hydrogen) atoms. The first kappa shape index (κ1) is 12.6. The molecule has 0 saturated heterocycles. The Kier molecular flexibility index (Phi) is 3.08. The Labute approximate surface area is 119 Å². The lowest BCUT2D eigenvalue weighted by Crippen LogP contribution is -2.31. The second kappa shape index (κ2) is 4.90. The Morgan fingerprint density at radius 2 is 2.10 bits per heavy atom. The SMILES string of the molecule is Cc1ccc(N2CCc3cccc(N)c3C2)c(C#N)c1. The molecule has 0 bridgehead atoms. The summed E-state index contributed by atoms with van der Waals surface area (Å²) < 4.78 is 0. The lowest BCUT2D eigenvalue weighted by molar-refractivity contribution is 0.732. The van der Waals surface area contributed by atoms with E-state index in [-0.39, 0.29) is 0 Å². The average Bonchev–Trinajstić information content (AvgIpc) is 2.47. The number of hydrogen-bond acceptors (Lipinski definition) is 3. The van der Waals surface area contributed by atoms with Gasteiger partial charge in [0.25, 0.3) is 0 Å². The highest BCUT2D eigenvalue weighted by Gasteiger charge is 2.20. The molecule has 2 N–H and O–H groups in total. The fourth-order valence-corrected chi connectivity index (χ4v) is 2.83. The van der Waals surface area contributed by atoms with Crippen LogP contribution < -0.4 is 10.6 Å². The molecule has 0 amide bonds. The standard InChI is InChI=1S/C17H17N3/c1-12-5-6-17(14(9-12)10-18)20-8-7-13-3-2-4-16(19)15(13)11-20/h2-6,9H,7-8,11,19H2,1H3. The van der Waals surface area contributed by atoms with E-state index >= 15 is 0 Å². The number of nitrogens with zero attached hydrogens (tertiary/aromatic N) is 2. The summed E-state index contributed by atoms with van der Waals surface area (Å²) >= 11 is 0. The molecule has 0 unspecified atom stereocenters. The van der Waals surface area contributed by atoms with Crippen molar-refractivity contribution >= 4 is 11.4 Å². The molecule has 2 aromatic rings. The minimum atomic E-state index is 0.739. The van der Waals surface area contributed by atoms with Crippen LogP contribution in [0, 0.1) is 18.3 Å². The van der Waals surface area contributed by atoms with E-state index < -0.39 is 0 Å². The molecule has 1 heterocycles. The van der Waals surface area contributed by atoms with Crippen LogP contribution in [0.5, 0.6) is 0 Å². The summed E-state index contributed by atoms with van der Waals surface area (Å²) in [6.07, 6.45) is 0.971. The van der Waals surface area contributed by atoms with Gasteiger partial charge in [-0.3, -0.25) is 0 Å². The first-order valence-corrected chi connectivity index (χ1v) is 6.81. The number of nitriles is 1. The number of fused-ring (bicyclic) bond motifs is 1. The topological polar surface area (TPSA) is 53.0 Å². The molecule has 1 aliphatic rings. The maximum atomic E-state index is 9.32. The predicted molar refractivity (Wildman–Crippen MR) is 81.5 cm³/mol. The number of rotatable bonds is 1. The Hall–Kier alpha value is -2.47. The zero-order valence-electron chi connectivity index (χ0n) is 11.6. The van der Waals surface area contributed by atoms with E-state index in [2.05, 4.69) is 23.1 Å². The van der Waals surface area contributed by atoms with Crippen LogP contribution in [0.25, 0.3) is 0 Å². The van der Waals surface area contributed by atoms with E-state index in [0.717, 1.165) is 42.0 Å². The van der Waals surface area contributed by atoms with Crippen molar-refractivity contribution in [3.8, 4) is 6.07 Å². The maximum absolute atomic E-state index is 9.32. The third-order valence-electron chi connectivity index (χ3n) is 3.92. The lowest BCUT2D eigenvalue weighted by Gasteiger charge is -2.32. The first-order valence-electron chi connectivity index (χ1n) is 6.81. The molecule has 0 aliphatic carbocycles. The van der Waals surface area contributed by atoms with E-state index in [4.69, 9.17) is 5.73 Å². The van der Waals surface area contributed by atoms with E-state index in [1.165, 1.54) is 11.1 Å². The van der Waals surface area contributed by atoms with Crippen molar-refractivity contribution in [3.63, 3.8) is 0 Å². The van der Waals surface area contributed by atoms with Crippen molar-refractivity contribution in [1.82, 2.24) is 0 Å². The van der Waals surface area contributed by atoms with Gasteiger partial charge in [0, 0.05) is 18.8 Å². The molecular formula is C17H17N3. The molecule has 3 nitrogen and oxygen atoms in total. The zero-order chi connectivity index (χ0) is 14.1. The van der Waals surface area contributed by atoms with Crippen molar-refractivity contribution in [1.29, 1.82) is 5.26 Å². The van der Waals surface area contributed by atoms with Crippen molar-refractivity contribution in [2.75, 3.05) is 17.2 Å². The van der Waals surface area contributed by atoms with Crippen molar-refractivity contribution < 1.29 is 0 Å². The molecule has 3 heteroatoms. The summed E-state index contributed by atoms with van der Waals surface area (Å²) in [5.41, 5.74) is 12.3. The van der Waals surface area contributed by atoms with E-state index in [9.17, 15) is 5.26 Å². The quantitative estimate of drug-likeness (QED) is 0.805. The summed E-state index contributed by atoms with van der Waals surface area (Å²) in [5, 5.41) is 9.32. The third-order valence-corrected chi connectivity index (χ3v) is 3.92. The smallest absolute Gasteiger partial charge is 0.101 e. The molecule has 0 saturated carbocycles. The molecule has 1 aliphatic heterocycles. The van der Waals surface area contributed by atoms with Crippen LogP contribution >= 0.6 is 0 Å². The van der Waals surface area contributed by atoms with Crippen LogP contribution in [0.1, 0.15) is 22.3 Å². The van der Waals surface area contributed by atoms with Crippen LogP contribution in [0.3, 0.4) is 0 Å². The minimum Gasteiger partial charge on any atom is -0.398 e. The highest BCUT2D eigenvalue weighted by atomic mass is 15.1. The summed E-state index contributed by atoms with van der Waals surface area (Å²) in [6.45, 7) is 3.71. The van der Waals surface area contributed by atoms with Crippen molar-refractivity contribution in [3.05, 3.63) is 58.7 Å². The number of nitrogens with two attached hydrogens (primary N) is 1. The van der Waals surface area contributed by atoms with E-state index in [0.29, 0.717) is 0 Å². The van der Waals surface area contributed by atoms with Gasteiger partial charge in [-0.05, 0) is 48.2 Å². The van der Waals surface area contributed by atoms with Crippen molar-refractivity contribution in [2.45, 2.75) is 19.9 Å². The summed E-state index contributed by atoms with van der Waals surface area (Å²) in [6, 6.07) is 14.4. The molecule has 0 radical (unpaired) electrons. The largest absolute Gasteiger partial charge is 0.398 e. The molecule has 0 fully saturated rings. The monoisotopic (exact) mass is 263 g/mol. The second-order valence-electron chi connectivity index (χ2n) is 5.29. The Bertz CT molecular complexity index is 698. The molecule has 3 rings (SSSR count). The molecule has 0 aromatic heterocycles. The van der Waals surface area contributed by atoms with Gasteiger partial charge in [-0.25, -0.2) is 0 Å². The van der Waals surface area contributed by atoms with E-state index in [1.807, 2.05) is 31.2 Å². The van der Waals surface area contributed by atoms with E-state index in [1.54, 1.807) is 0 Å². The van der Waals surface area contributed by atoms with Gasteiger partial charge >= 0.3 is 0 Å². The lowest BCUT2D eigenvalue weighted by atomic mass is 9.97. The molecule has 0 spiro atoms. The predicted octanol–water partition coefficient (Wildman–Crippen LogP) is 3.01. The van der Waals surface area contributed by atoms with Crippen LogP contribution in [-0.2, 0) is 13.0 Å². The normalized spacial score (nSPS) is 13.7. The highest BCUT2D eigenvalue weighted by molar-refractivity contribution is 5.63. The third kappa shape index (κ3) is 2.10. The van der Waals surface area contributed by atoms with Gasteiger partial charge in [0.1, 0.15) is 6.07 Å². The van der Waals surface area contributed by atoms with Gasteiger partial charge in [-0.2, -0.15) is 5.26 Å². The fraction of sp³-hybridized carbons (Fsp3) is 0.235. The van der Waals surface area contributed by atoms with Gasteiger partial charge in [0.15, 0.2) is 0 Å². The summed E-state index contributed by atoms with van der Waals surface area (Å²) in [5.74, 6) is 0. The van der Waals surface area contributed by atoms with Crippen LogP contribution in [0.2, 0.25) is 0 Å². The Morgan fingerprint density at radius 3 is 2.90 bits per heavy atom. The maximum Gasteiger partial charge on any atom is 0.101 e. The summed E-state index contributed by atoms with van der Waals surface area (Å²) in [7, 11) is 0. The molecular weight excluding hydrogens is 246 g/mol. The number of benzene rings is 2. The molecule has 100 valence electrons. The van der Waals surface area contributed by atoms with Gasteiger partial charge in [0.05, 0.1) is 11.3 Å². The van der Waals surface area contributed by atoms with Gasteiger partial charge in [0.2, 0.25) is 0 Å². The van der Waals surface area contributed by atoms with Crippen LogP contribution in [0.4, 0.5) is 11.4 Å². The van der Waals surface area contributed by atoms with Crippen LogP contribution in [-0.4, -0.2) is 6.54 Å². The van der Waals surface area contributed by atoms with Gasteiger partial charge < -0.3 is 10.6 Å². The molecule has 2 aromatic carbocycles. The average molecular weight is 263 g/mol. The minimum absolute atomic E-state index is 0.739.